The summed E-state index contributed by atoms with van der Waals surface area (Å²) in [6.45, 7) is 3.84. The number of carbonyl (C=O) groups excluding carboxylic acids is 2. The number of anilines is 1. The molecule has 142 valence electrons. The number of rotatable bonds is 5. The number of thiocarbonyl (C=S) groups is 1. The average Bonchev–Trinajstić information content (AvgIpc) is 2.61. The Labute approximate surface area is 164 Å². The maximum Gasteiger partial charge on any atom is 0.257 e. The second-order valence-corrected chi connectivity index (χ2v) is 6.79. The van der Waals surface area contributed by atoms with Crippen molar-refractivity contribution >= 4 is 34.8 Å². The smallest absolute Gasteiger partial charge is 0.257 e. The second-order valence-electron chi connectivity index (χ2n) is 6.38. The van der Waals surface area contributed by atoms with E-state index >= 15 is 0 Å². The van der Waals surface area contributed by atoms with Gasteiger partial charge in [0.2, 0.25) is 0 Å². The van der Waals surface area contributed by atoms with Gasteiger partial charge in [0.15, 0.2) is 5.11 Å². The highest BCUT2D eigenvalue weighted by Crippen LogP contribution is 2.15. The fourth-order valence-electron chi connectivity index (χ4n) is 2.27. The number of amides is 2. The summed E-state index contributed by atoms with van der Waals surface area (Å²) < 4.78 is 5.59. The monoisotopic (exact) mass is 385 g/mol. The predicted octanol–water partition coefficient (Wildman–Crippen LogP) is 3.30. The SMILES string of the molecule is CC(C)Oc1cccc(C(=O)NC(=S)Nc2ccc(C(=O)N(C)C)cc2)c1. The largest absolute Gasteiger partial charge is 0.491 e. The van der Waals surface area contributed by atoms with Crippen molar-refractivity contribution in [1.82, 2.24) is 10.2 Å². The number of hydrogen-bond acceptors (Lipinski definition) is 4. The van der Waals surface area contributed by atoms with Crippen LogP contribution >= 0.6 is 12.2 Å². The first kappa shape index (κ1) is 20.4. The highest BCUT2D eigenvalue weighted by atomic mass is 32.1. The molecule has 0 fully saturated rings. The molecule has 0 bridgehead atoms. The van der Waals surface area contributed by atoms with Crippen molar-refractivity contribution < 1.29 is 14.3 Å². The van der Waals surface area contributed by atoms with E-state index in [1.807, 2.05) is 13.8 Å². The Morgan fingerprint density at radius 3 is 2.30 bits per heavy atom. The number of benzene rings is 2. The minimum atomic E-state index is -0.332. The van der Waals surface area contributed by atoms with Crippen LogP contribution < -0.4 is 15.4 Å². The van der Waals surface area contributed by atoms with Crippen molar-refractivity contribution in [3.63, 3.8) is 0 Å². The number of carbonyl (C=O) groups is 2. The lowest BCUT2D eigenvalue weighted by atomic mass is 10.2. The van der Waals surface area contributed by atoms with Gasteiger partial charge in [0, 0.05) is 30.9 Å². The first-order valence-corrected chi connectivity index (χ1v) is 8.88. The van der Waals surface area contributed by atoms with Gasteiger partial charge in [-0.15, -0.1) is 0 Å². The Morgan fingerprint density at radius 1 is 1.04 bits per heavy atom. The number of ether oxygens (including phenoxy) is 1. The van der Waals surface area contributed by atoms with E-state index in [1.165, 1.54) is 4.90 Å². The zero-order chi connectivity index (χ0) is 20.0. The average molecular weight is 385 g/mol. The van der Waals surface area contributed by atoms with Crippen molar-refractivity contribution in [3.05, 3.63) is 59.7 Å². The maximum absolute atomic E-state index is 12.4. The number of hydrogen-bond donors (Lipinski definition) is 2. The van der Waals surface area contributed by atoms with E-state index in [4.69, 9.17) is 17.0 Å². The fourth-order valence-corrected chi connectivity index (χ4v) is 2.49. The van der Waals surface area contributed by atoms with Gasteiger partial charge in [-0.25, -0.2) is 0 Å². The van der Waals surface area contributed by atoms with Crippen LogP contribution in [-0.2, 0) is 0 Å². The van der Waals surface area contributed by atoms with Gasteiger partial charge in [-0.1, -0.05) is 6.07 Å². The van der Waals surface area contributed by atoms with Gasteiger partial charge in [-0.05, 0) is 68.5 Å². The van der Waals surface area contributed by atoms with E-state index in [0.29, 0.717) is 22.6 Å². The molecular weight excluding hydrogens is 362 g/mol. The van der Waals surface area contributed by atoms with Crippen molar-refractivity contribution in [2.24, 2.45) is 0 Å². The lowest BCUT2D eigenvalue weighted by molar-refractivity contribution is 0.0827. The molecule has 2 aromatic rings. The summed E-state index contributed by atoms with van der Waals surface area (Å²) in [7, 11) is 3.39. The summed E-state index contributed by atoms with van der Waals surface area (Å²) >= 11 is 5.19. The molecule has 0 unspecified atom stereocenters. The lowest BCUT2D eigenvalue weighted by Gasteiger charge is -2.13. The maximum atomic E-state index is 12.4. The summed E-state index contributed by atoms with van der Waals surface area (Å²) in [6, 6.07) is 13.8. The molecule has 7 heteroatoms. The highest BCUT2D eigenvalue weighted by molar-refractivity contribution is 7.80. The summed E-state index contributed by atoms with van der Waals surface area (Å²) in [6.07, 6.45) is 0.0217. The van der Waals surface area contributed by atoms with Crippen LogP contribution in [0, 0.1) is 0 Å². The van der Waals surface area contributed by atoms with Crippen LogP contribution in [0.4, 0.5) is 5.69 Å². The minimum absolute atomic E-state index is 0.0217. The van der Waals surface area contributed by atoms with Crippen molar-refractivity contribution in [2.75, 3.05) is 19.4 Å². The van der Waals surface area contributed by atoms with Crippen molar-refractivity contribution in [3.8, 4) is 5.75 Å². The molecule has 0 aliphatic rings. The Balaban J connectivity index is 1.97. The van der Waals surface area contributed by atoms with Gasteiger partial charge in [0.1, 0.15) is 5.75 Å². The van der Waals surface area contributed by atoms with Crippen LogP contribution in [0.15, 0.2) is 48.5 Å². The van der Waals surface area contributed by atoms with E-state index in [2.05, 4.69) is 10.6 Å². The Kier molecular flexibility index (Phi) is 6.90. The molecule has 0 spiro atoms. The van der Waals surface area contributed by atoms with Gasteiger partial charge in [-0.2, -0.15) is 0 Å². The molecule has 0 aliphatic heterocycles. The molecule has 2 N–H and O–H groups in total. The molecule has 2 amide bonds. The van der Waals surface area contributed by atoms with Crippen molar-refractivity contribution in [2.45, 2.75) is 20.0 Å². The highest BCUT2D eigenvalue weighted by Gasteiger charge is 2.11. The molecule has 0 saturated carbocycles. The normalized spacial score (nSPS) is 10.3. The van der Waals surface area contributed by atoms with E-state index in [-0.39, 0.29) is 23.0 Å². The van der Waals surface area contributed by atoms with Crippen LogP contribution in [0.2, 0.25) is 0 Å². The molecule has 2 rings (SSSR count). The van der Waals surface area contributed by atoms with Crippen LogP contribution in [-0.4, -0.2) is 42.0 Å². The molecule has 0 heterocycles. The van der Waals surface area contributed by atoms with E-state index in [9.17, 15) is 9.59 Å². The zero-order valence-corrected chi connectivity index (χ0v) is 16.6. The molecule has 0 saturated heterocycles. The molecule has 0 aromatic heterocycles. The van der Waals surface area contributed by atoms with Crippen LogP contribution in [0.3, 0.4) is 0 Å². The Morgan fingerprint density at radius 2 is 1.70 bits per heavy atom. The quantitative estimate of drug-likeness (QED) is 0.773. The topological polar surface area (TPSA) is 70.7 Å². The third kappa shape index (κ3) is 6.07. The predicted molar refractivity (Wildman–Crippen MR) is 110 cm³/mol. The second kappa shape index (κ2) is 9.14. The Bertz CT molecular complexity index is 833. The van der Waals surface area contributed by atoms with Gasteiger partial charge >= 0.3 is 0 Å². The summed E-state index contributed by atoms with van der Waals surface area (Å²) in [5, 5.41) is 5.73. The standard InChI is InChI=1S/C20H23N3O3S/c1-13(2)26-17-7-5-6-15(12-17)18(24)22-20(27)21-16-10-8-14(9-11-16)19(25)23(3)4/h5-13H,1-4H3,(H2,21,22,24,27). The zero-order valence-electron chi connectivity index (χ0n) is 15.8. The van der Waals surface area contributed by atoms with Gasteiger partial charge in [0.25, 0.3) is 11.8 Å². The van der Waals surface area contributed by atoms with Gasteiger partial charge in [-0.3, -0.25) is 14.9 Å². The third-order valence-corrected chi connectivity index (χ3v) is 3.70. The molecule has 0 radical (unpaired) electrons. The summed E-state index contributed by atoms with van der Waals surface area (Å²) in [4.78, 5) is 25.7. The van der Waals surface area contributed by atoms with Gasteiger partial charge in [0.05, 0.1) is 6.10 Å². The Hall–Kier alpha value is -2.93. The molecule has 6 nitrogen and oxygen atoms in total. The van der Waals surface area contributed by atoms with E-state index in [1.54, 1.807) is 62.6 Å². The molecule has 0 aliphatic carbocycles. The first-order valence-electron chi connectivity index (χ1n) is 8.47. The number of nitrogens with zero attached hydrogens (tertiary/aromatic N) is 1. The molecule has 27 heavy (non-hydrogen) atoms. The molecule has 0 atom stereocenters. The van der Waals surface area contributed by atoms with Crippen LogP contribution in [0.5, 0.6) is 5.75 Å². The first-order chi connectivity index (χ1) is 12.8. The molecule has 2 aromatic carbocycles. The lowest BCUT2D eigenvalue weighted by Crippen LogP contribution is -2.34. The van der Waals surface area contributed by atoms with Crippen LogP contribution in [0.25, 0.3) is 0 Å². The van der Waals surface area contributed by atoms with Crippen LogP contribution in [0.1, 0.15) is 34.6 Å². The van der Waals surface area contributed by atoms with Gasteiger partial charge < -0.3 is 15.0 Å². The van der Waals surface area contributed by atoms with E-state index in [0.717, 1.165) is 0 Å². The van der Waals surface area contributed by atoms with E-state index < -0.39 is 0 Å². The number of nitrogens with one attached hydrogen (secondary N) is 2. The summed E-state index contributed by atoms with van der Waals surface area (Å²) in [5.41, 5.74) is 1.69. The fraction of sp³-hybridized carbons (Fsp3) is 0.250. The summed E-state index contributed by atoms with van der Waals surface area (Å²) in [5.74, 6) is 0.208. The third-order valence-electron chi connectivity index (χ3n) is 3.49. The minimum Gasteiger partial charge on any atom is -0.491 e. The molecular formula is C20H23N3O3S. The van der Waals surface area contributed by atoms with Crippen molar-refractivity contribution in [1.29, 1.82) is 0 Å².